The monoisotopic (exact) mass is 519 g/mol. The van der Waals surface area contributed by atoms with Crippen molar-refractivity contribution in [1.29, 1.82) is 0 Å². The Bertz CT molecular complexity index is 1000. The third kappa shape index (κ3) is 10.2. The second kappa shape index (κ2) is 17.0. The maximum Gasteiger partial charge on any atom is 0.251 e. The number of amides is 1. The molecule has 7 nitrogen and oxygen atoms in total. The van der Waals surface area contributed by atoms with E-state index in [1.807, 2.05) is 32.0 Å². The second-order valence-electron chi connectivity index (χ2n) is 8.44. The highest BCUT2D eigenvalue weighted by Crippen LogP contribution is 2.39. The smallest absolute Gasteiger partial charge is 0.251 e. The number of hydrogen-bond donors (Lipinski definition) is 2. The van der Waals surface area contributed by atoms with Gasteiger partial charge in [-0.1, -0.05) is 78.5 Å². The summed E-state index contributed by atoms with van der Waals surface area (Å²) in [5.74, 6) is 0.333. The number of rotatable bonds is 15. The van der Waals surface area contributed by atoms with Gasteiger partial charge in [0.05, 0.1) is 5.69 Å². The largest absolute Gasteiger partial charge is 0.454 e. The van der Waals surface area contributed by atoms with Crippen LogP contribution in [-0.4, -0.2) is 34.0 Å². The average molecular weight is 520 g/mol. The summed E-state index contributed by atoms with van der Waals surface area (Å²) in [5.41, 5.74) is 0.824. The molecular weight excluding hydrogens is 474 g/mol. The molecule has 0 atom stereocenters. The van der Waals surface area contributed by atoms with E-state index in [0.29, 0.717) is 31.1 Å². The molecule has 0 saturated heterocycles. The Morgan fingerprint density at radius 1 is 0.917 bits per heavy atom. The van der Waals surface area contributed by atoms with Crippen LogP contribution in [0.25, 0.3) is 0 Å². The molecule has 0 spiro atoms. The number of anilines is 1. The molecule has 0 aromatic heterocycles. The van der Waals surface area contributed by atoms with Gasteiger partial charge in [-0.05, 0) is 43.5 Å². The first-order valence-electron chi connectivity index (χ1n) is 13.3. The lowest BCUT2D eigenvalue weighted by Crippen LogP contribution is -2.29. The van der Waals surface area contributed by atoms with Crippen molar-refractivity contribution >= 4 is 21.6 Å². The van der Waals surface area contributed by atoms with E-state index in [9.17, 15) is 13.2 Å². The summed E-state index contributed by atoms with van der Waals surface area (Å²) >= 11 is 0. The van der Waals surface area contributed by atoms with Crippen molar-refractivity contribution < 1.29 is 17.9 Å². The molecule has 0 fully saturated rings. The fraction of sp³-hybridized carbons (Fsp3) is 0.536. The molecule has 0 bridgehead atoms. The van der Waals surface area contributed by atoms with Crippen LogP contribution in [0, 0.1) is 0 Å². The Morgan fingerprint density at radius 3 is 2.03 bits per heavy atom. The van der Waals surface area contributed by atoms with Crippen molar-refractivity contribution in [3.8, 4) is 11.5 Å². The van der Waals surface area contributed by atoms with Crippen LogP contribution in [0.2, 0.25) is 0 Å². The fourth-order valence-electron chi connectivity index (χ4n) is 3.60. The maximum absolute atomic E-state index is 13.0. The molecule has 1 amide bonds. The summed E-state index contributed by atoms with van der Waals surface area (Å²) in [7, 11) is -4.17. The molecule has 0 unspecified atom stereocenters. The fourth-order valence-corrected chi connectivity index (χ4v) is 4.30. The number of primary sulfonamides is 1. The van der Waals surface area contributed by atoms with Crippen LogP contribution in [0.15, 0.2) is 47.4 Å². The quantitative estimate of drug-likeness (QED) is 0.262. The number of nitrogens with zero attached hydrogens (tertiary/aromatic N) is 1. The van der Waals surface area contributed by atoms with Crippen LogP contribution >= 0.6 is 0 Å². The summed E-state index contributed by atoms with van der Waals surface area (Å²) in [6.45, 7) is 12.3. The zero-order valence-electron chi connectivity index (χ0n) is 22.7. The van der Waals surface area contributed by atoms with Crippen LogP contribution in [0.4, 0.5) is 5.69 Å². The normalized spacial score (nSPS) is 10.8. The number of para-hydroxylation sites is 1. The Hall–Kier alpha value is -2.58. The van der Waals surface area contributed by atoms with Gasteiger partial charge in [-0.25, -0.2) is 13.6 Å². The summed E-state index contributed by atoms with van der Waals surface area (Å²) < 4.78 is 31.5. The van der Waals surface area contributed by atoms with E-state index in [2.05, 4.69) is 31.0 Å². The third-order valence-corrected chi connectivity index (χ3v) is 6.45. The van der Waals surface area contributed by atoms with E-state index in [1.165, 1.54) is 6.07 Å². The molecule has 0 aliphatic rings. The number of hydrogen-bond acceptors (Lipinski definition) is 5. The van der Waals surface area contributed by atoms with E-state index < -0.39 is 10.0 Å². The molecule has 0 aliphatic heterocycles. The van der Waals surface area contributed by atoms with Crippen molar-refractivity contribution in [1.82, 2.24) is 5.32 Å². The first kappa shape index (κ1) is 31.4. The molecule has 36 heavy (non-hydrogen) atoms. The van der Waals surface area contributed by atoms with Gasteiger partial charge in [-0.2, -0.15) is 0 Å². The van der Waals surface area contributed by atoms with Crippen LogP contribution in [0.3, 0.4) is 0 Å². The highest BCUT2D eigenvalue weighted by Gasteiger charge is 2.26. The highest BCUT2D eigenvalue weighted by molar-refractivity contribution is 7.89. The van der Waals surface area contributed by atoms with Gasteiger partial charge in [0.15, 0.2) is 5.75 Å². The van der Waals surface area contributed by atoms with Gasteiger partial charge >= 0.3 is 0 Å². The van der Waals surface area contributed by atoms with E-state index in [4.69, 9.17) is 9.88 Å². The highest BCUT2D eigenvalue weighted by atomic mass is 32.2. The van der Waals surface area contributed by atoms with Gasteiger partial charge in [0, 0.05) is 25.2 Å². The third-order valence-electron chi connectivity index (χ3n) is 5.54. The van der Waals surface area contributed by atoms with E-state index >= 15 is 0 Å². The number of unbranched alkanes of at least 4 members (excludes halogenated alkanes) is 4. The molecule has 2 aromatic carbocycles. The SMILES string of the molecule is CC.CCCCCNC(=O)c1cc(N(CCCC)CCCC)c(Oc2ccccc2)c(S(N)(=O)=O)c1. The predicted molar refractivity (Wildman–Crippen MR) is 150 cm³/mol. The van der Waals surface area contributed by atoms with E-state index in [1.54, 1.807) is 18.2 Å². The number of nitrogens with one attached hydrogen (secondary N) is 1. The minimum atomic E-state index is -4.17. The first-order chi connectivity index (χ1) is 17.3. The summed E-state index contributed by atoms with van der Waals surface area (Å²) in [5, 5.41) is 8.53. The Labute approximate surface area is 218 Å². The van der Waals surface area contributed by atoms with Gasteiger partial charge < -0.3 is 15.0 Å². The topological polar surface area (TPSA) is 102 Å². The van der Waals surface area contributed by atoms with Gasteiger partial charge in [0.25, 0.3) is 5.91 Å². The molecule has 0 radical (unpaired) electrons. The minimum Gasteiger partial charge on any atom is -0.454 e. The lowest BCUT2D eigenvalue weighted by Gasteiger charge is -2.28. The number of sulfonamides is 1. The predicted octanol–water partition coefficient (Wildman–Crippen LogP) is 6.48. The van der Waals surface area contributed by atoms with Crippen LogP contribution in [0.5, 0.6) is 11.5 Å². The molecular formula is C28H45N3O4S. The van der Waals surface area contributed by atoms with Gasteiger partial charge in [-0.15, -0.1) is 0 Å². The molecule has 3 N–H and O–H groups in total. The van der Waals surface area contributed by atoms with Gasteiger partial charge in [0.1, 0.15) is 10.6 Å². The zero-order chi connectivity index (χ0) is 27.0. The van der Waals surface area contributed by atoms with Crippen molar-refractivity contribution in [3.05, 3.63) is 48.0 Å². The van der Waals surface area contributed by atoms with E-state index in [0.717, 1.165) is 44.9 Å². The molecule has 202 valence electrons. The molecule has 0 heterocycles. The molecule has 2 aromatic rings. The number of benzene rings is 2. The van der Waals surface area contributed by atoms with Crippen LogP contribution in [-0.2, 0) is 10.0 Å². The van der Waals surface area contributed by atoms with Crippen LogP contribution < -0.4 is 20.1 Å². The summed E-state index contributed by atoms with van der Waals surface area (Å²) in [6.07, 6.45) is 6.74. The van der Waals surface area contributed by atoms with Crippen molar-refractivity contribution in [3.63, 3.8) is 0 Å². The van der Waals surface area contributed by atoms with Gasteiger partial charge in [-0.3, -0.25) is 4.79 Å². The molecule has 0 saturated carbocycles. The lowest BCUT2D eigenvalue weighted by molar-refractivity contribution is 0.0952. The number of carbonyl (C=O) groups is 1. The Balaban J connectivity index is 0.00000316. The van der Waals surface area contributed by atoms with Crippen molar-refractivity contribution in [2.45, 2.75) is 84.5 Å². The second-order valence-corrected chi connectivity index (χ2v) is 9.97. The molecule has 8 heteroatoms. The maximum atomic E-state index is 13.0. The zero-order valence-corrected chi connectivity index (χ0v) is 23.5. The average Bonchev–Trinajstić information content (AvgIpc) is 2.88. The number of carbonyl (C=O) groups excluding carboxylic acids is 1. The van der Waals surface area contributed by atoms with Gasteiger partial charge in [0.2, 0.25) is 10.0 Å². The molecule has 0 aliphatic carbocycles. The summed E-state index contributed by atoms with van der Waals surface area (Å²) in [4.78, 5) is 14.9. The Kier molecular flexibility index (Phi) is 14.8. The first-order valence-corrected chi connectivity index (χ1v) is 14.8. The number of ether oxygens (including phenoxy) is 1. The Morgan fingerprint density at radius 2 is 1.50 bits per heavy atom. The van der Waals surface area contributed by atoms with E-state index in [-0.39, 0.29) is 22.1 Å². The van der Waals surface area contributed by atoms with Crippen molar-refractivity contribution in [2.75, 3.05) is 24.5 Å². The standard InChI is InChI=1S/C26H39N3O4S.C2H6/c1-4-7-13-16-28-26(30)21-19-23(29(17-8-5-2)18-9-6-3)25(24(20-21)34(27,31)32)33-22-14-11-10-12-15-22;1-2/h10-12,14-15,19-20H,4-9,13,16-18H2,1-3H3,(H,28,30)(H2,27,31,32);1-2H3. The van der Waals surface area contributed by atoms with Crippen LogP contribution in [0.1, 0.15) is 89.9 Å². The minimum absolute atomic E-state index is 0.156. The number of nitrogens with two attached hydrogens (primary N) is 1. The molecule has 2 rings (SSSR count). The lowest BCUT2D eigenvalue weighted by atomic mass is 10.1. The van der Waals surface area contributed by atoms with Crippen molar-refractivity contribution in [2.24, 2.45) is 5.14 Å². The summed E-state index contributed by atoms with van der Waals surface area (Å²) in [6, 6.07) is 12.1.